The lowest BCUT2D eigenvalue weighted by Gasteiger charge is -2.11. The van der Waals surface area contributed by atoms with Gasteiger partial charge in [0.25, 0.3) is 5.91 Å². The van der Waals surface area contributed by atoms with Crippen molar-refractivity contribution in [2.75, 3.05) is 5.32 Å². The van der Waals surface area contributed by atoms with Crippen molar-refractivity contribution in [3.63, 3.8) is 0 Å². The van der Waals surface area contributed by atoms with E-state index in [1.165, 1.54) is 6.20 Å². The molecule has 0 aliphatic carbocycles. The van der Waals surface area contributed by atoms with Gasteiger partial charge < -0.3 is 10.6 Å². The zero-order valence-electron chi connectivity index (χ0n) is 11.4. The third-order valence-electron chi connectivity index (χ3n) is 2.57. The number of nitrogens with zero attached hydrogens (tertiary/aromatic N) is 1. The first-order valence-electron chi connectivity index (χ1n) is 6.33. The van der Waals surface area contributed by atoms with Crippen molar-refractivity contribution in [2.24, 2.45) is 0 Å². The van der Waals surface area contributed by atoms with Crippen molar-refractivity contribution >= 4 is 28.9 Å². The predicted octanol–water partition coefficient (Wildman–Crippen LogP) is 3.62. The molecule has 0 aliphatic rings. The van der Waals surface area contributed by atoms with E-state index in [1.807, 2.05) is 32.0 Å². The number of nitrogens with one attached hydrogen (secondary N) is 2. The third kappa shape index (κ3) is 3.71. The maximum atomic E-state index is 11.9. The number of carbonyl (C=O) groups excluding carboxylic acids is 1. The van der Waals surface area contributed by atoms with Crippen molar-refractivity contribution in [2.45, 2.75) is 19.9 Å². The number of amides is 1. The summed E-state index contributed by atoms with van der Waals surface area (Å²) in [6.07, 6.45) is 3.19. The van der Waals surface area contributed by atoms with Gasteiger partial charge in [-0.25, -0.2) is 0 Å². The second kappa shape index (κ2) is 6.39. The normalized spacial score (nSPS) is 10.4. The van der Waals surface area contributed by atoms with Gasteiger partial charge in [0.1, 0.15) is 0 Å². The van der Waals surface area contributed by atoms with E-state index in [0.717, 1.165) is 11.4 Å². The van der Waals surface area contributed by atoms with E-state index >= 15 is 0 Å². The van der Waals surface area contributed by atoms with E-state index in [1.54, 1.807) is 18.3 Å². The zero-order valence-corrected chi connectivity index (χ0v) is 12.1. The Morgan fingerprint density at radius 2 is 2.00 bits per heavy atom. The lowest BCUT2D eigenvalue weighted by atomic mass is 10.2. The molecule has 0 bridgehead atoms. The summed E-state index contributed by atoms with van der Waals surface area (Å²) in [6.45, 7) is 3.83. The van der Waals surface area contributed by atoms with Gasteiger partial charge in [-0.05, 0) is 32.0 Å². The molecule has 0 fully saturated rings. The van der Waals surface area contributed by atoms with Crippen molar-refractivity contribution < 1.29 is 4.79 Å². The average molecular weight is 290 g/mol. The van der Waals surface area contributed by atoms with Gasteiger partial charge in [-0.2, -0.15) is 0 Å². The van der Waals surface area contributed by atoms with Crippen molar-refractivity contribution in [1.82, 2.24) is 10.3 Å². The molecule has 20 heavy (non-hydrogen) atoms. The molecule has 0 unspecified atom stereocenters. The molecule has 5 heteroatoms. The molecule has 0 atom stereocenters. The van der Waals surface area contributed by atoms with Crippen LogP contribution in [-0.2, 0) is 0 Å². The van der Waals surface area contributed by atoms with Crippen LogP contribution in [0.15, 0.2) is 42.7 Å². The SMILES string of the molecule is CC(C)NC(=O)c1cncc(Nc2ccccc2Cl)c1. The van der Waals surface area contributed by atoms with E-state index < -0.39 is 0 Å². The summed E-state index contributed by atoms with van der Waals surface area (Å²) in [7, 11) is 0. The van der Waals surface area contributed by atoms with Gasteiger partial charge in [0, 0.05) is 12.2 Å². The van der Waals surface area contributed by atoms with E-state index in [4.69, 9.17) is 11.6 Å². The van der Waals surface area contributed by atoms with Crippen LogP contribution in [0, 0.1) is 0 Å². The minimum atomic E-state index is -0.143. The molecule has 1 amide bonds. The van der Waals surface area contributed by atoms with Crippen molar-refractivity contribution in [3.8, 4) is 0 Å². The van der Waals surface area contributed by atoms with Gasteiger partial charge in [-0.15, -0.1) is 0 Å². The van der Waals surface area contributed by atoms with Crippen LogP contribution in [0.3, 0.4) is 0 Å². The minimum absolute atomic E-state index is 0.0858. The quantitative estimate of drug-likeness (QED) is 0.904. The van der Waals surface area contributed by atoms with Crippen molar-refractivity contribution in [1.29, 1.82) is 0 Å². The number of pyridine rings is 1. The monoisotopic (exact) mass is 289 g/mol. The summed E-state index contributed by atoms with van der Waals surface area (Å²) in [5, 5.41) is 6.59. The lowest BCUT2D eigenvalue weighted by molar-refractivity contribution is 0.0943. The fourth-order valence-corrected chi connectivity index (χ4v) is 1.88. The molecular formula is C15H16ClN3O. The zero-order chi connectivity index (χ0) is 14.5. The van der Waals surface area contributed by atoms with E-state index in [2.05, 4.69) is 15.6 Å². The Hall–Kier alpha value is -2.07. The van der Waals surface area contributed by atoms with Gasteiger partial charge in [0.2, 0.25) is 0 Å². The molecule has 0 aliphatic heterocycles. The van der Waals surface area contributed by atoms with Crippen molar-refractivity contribution in [3.05, 3.63) is 53.3 Å². The third-order valence-corrected chi connectivity index (χ3v) is 2.90. The van der Waals surface area contributed by atoms with Crippen LogP contribution >= 0.6 is 11.6 Å². The number of rotatable bonds is 4. The molecule has 1 heterocycles. The summed E-state index contributed by atoms with van der Waals surface area (Å²) < 4.78 is 0. The van der Waals surface area contributed by atoms with Crippen LogP contribution in [0.2, 0.25) is 5.02 Å². The molecule has 2 aromatic rings. The molecule has 2 rings (SSSR count). The van der Waals surface area contributed by atoms with Crippen LogP contribution in [0.5, 0.6) is 0 Å². The Morgan fingerprint density at radius 3 is 2.70 bits per heavy atom. The summed E-state index contributed by atoms with van der Waals surface area (Å²) >= 11 is 6.08. The Kier molecular flexibility index (Phi) is 4.58. The number of para-hydroxylation sites is 1. The number of anilines is 2. The molecule has 2 N–H and O–H groups in total. The number of aromatic nitrogens is 1. The average Bonchev–Trinajstić information content (AvgIpc) is 2.41. The summed E-state index contributed by atoms with van der Waals surface area (Å²) in [6, 6.07) is 9.24. The number of carbonyl (C=O) groups is 1. The second-order valence-corrected chi connectivity index (χ2v) is 5.10. The second-order valence-electron chi connectivity index (χ2n) is 4.70. The van der Waals surface area contributed by atoms with Gasteiger partial charge in [0.15, 0.2) is 0 Å². The highest BCUT2D eigenvalue weighted by molar-refractivity contribution is 6.33. The van der Waals surface area contributed by atoms with Crippen LogP contribution in [0.4, 0.5) is 11.4 Å². The largest absolute Gasteiger partial charge is 0.353 e. The van der Waals surface area contributed by atoms with Gasteiger partial charge in [-0.3, -0.25) is 9.78 Å². The molecule has 1 aromatic heterocycles. The molecule has 0 radical (unpaired) electrons. The standard InChI is InChI=1S/C15H16ClN3O/c1-10(2)18-15(20)11-7-12(9-17-8-11)19-14-6-4-3-5-13(14)16/h3-10,19H,1-2H3,(H,18,20). The minimum Gasteiger partial charge on any atom is -0.353 e. The molecule has 104 valence electrons. The van der Waals surface area contributed by atoms with E-state index in [9.17, 15) is 4.79 Å². The lowest BCUT2D eigenvalue weighted by Crippen LogP contribution is -2.30. The molecule has 0 spiro atoms. The van der Waals surface area contributed by atoms with Crippen LogP contribution in [0.25, 0.3) is 0 Å². The maximum Gasteiger partial charge on any atom is 0.253 e. The van der Waals surface area contributed by atoms with E-state index in [0.29, 0.717) is 10.6 Å². The number of benzene rings is 1. The highest BCUT2D eigenvalue weighted by Crippen LogP contribution is 2.24. The number of hydrogen-bond donors (Lipinski definition) is 2. The first kappa shape index (κ1) is 14.3. The van der Waals surface area contributed by atoms with Gasteiger partial charge >= 0.3 is 0 Å². The first-order chi connectivity index (χ1) is 9.56. The van der Waals surface area contributed by atoms with Crippen LogP contribution < -0.4 is 10.6 Å². The fraction of sp³-hybridized carbons (Fsp3) is 0.200. The Labute approximate surface area is 123 Å². The van der Waals surface area contributed by atoms with Gasteiger partial charge in [-0.1, -0.05) is 23.7 Å². The summed E-state index contributed by atoms with van der Waals surface area (Å²) in [4.78, 5) is 16.0. The van der Waals surface area contributed by atoms with Crippen LogP contribution in [0.1, 0.15) is 24.2 Å². The van der Waals surface area contributed by atoms with Gasteiger partial charge in [0.05, 0.1) is 28.2 Å². The number of halogens is 1. The summed E-state index contributed by atoms with van der Waals surface area (Å²) in [5.41, 5.74) is 2.00. The maximum absolute atomic E-state index is 11.9. The Morgan fingerprint density at radius 1 is 1.25 bits per heavy atom. The molecular weight excluding hydrogens is 274 g/mol. The highest BCUT2D eigenvalue weighted by atomic mass is 35.5. The summed E-state index contributed by atoms with van der Waals surface area (Å²) in [5.74, 6) is -0.143. The topological polar surface area (TPSA) is 54.0 Å². The molecule has 0 saturated carbocycles. The fourth-order valence-electron chi connectivity index (χ4n) is 1.70. The molecule has 4 nitrogen and oxygen atoms in total. The van der Waals surface area contributed by atoms with E-state index in [-0.39, 0.29) is 11.9 Å². The molecule has 1 aromatic carbocycles. The Bertz CT molecular complexity index is 614. The smallest absolute Gasteiger partial charge is 0.253 e. The first-order valence-corrected chi connectivity index (χ1v) is 6.71. The van der Waals surface area contributed by atoms with Crippen LogP contribution in [-0.4, -0.2) is 16.9 Å². The Balaban J connectivity index is 2.18. The molecule has 0 saturated heterocycles. The highest BCUT2D eigenvalue weighted by Gasteiger charge is 2.08. The number of hydrogen-bond acceptors (Lipinski definition) is 3. The predicted molar refractivity (Wildman–Crippen MR) is 81.6 cm³/mol.